The second kappa shape index (κ2) is 7.88. The number of anilines is 1. The summed E-state index contributed by atoms with van der Waals surface area (Å²) in [6, 6.07) is 12.3. The lowest BCUT2D eigenvalue weighted by atomic mass is 10.1. The highest BCUT2D eigenvalue weighted by molar-refractivity contribution is 5.78. The van der Waals surface area contributed by atoms with Crippen molar-refractivity contribution in [1.29, 1.82) is 5.26 Å². The van der Waals surface area contributed by atoms with Crippen LogP contribution in [0.2, 0.25) is 0 Å². The van der Waals surface area contributed by atoms with Gasteiger partial charge in [-0.25, -0.2) is 0 Å². The number of aliphatic carboxylic acids is 1. The Balaban J connectivity index is 2.31. The molecule has 0 spiro atoms. The Kier molecular flexibility index (Phi) is 5.63. The third-order valence-corrected chi connectivity index (χ3v) is 3.38. The van der Waals surface area contributed by atoms with Crippen molar-refractivity contribution in [3.8, 4) is 17.6 Å². The maximum absolute atomic E-state index is 11.6. The number of carbonyl (C=O) groups excluding carboxylic acids is 1. The largest absolute Gasteiger partial charge is 0.548 e. The van der Waals surface area contributed by atoms with Crippen LogP contribution in [-0.4, -0.2) is 19.7 Å². The summed E-state index contributed by atoms with van der Waals surface area (Å²) < 4.78 is 10.7. The topological polar surface area (TPSA) is 94.4 Å². The normalized spacial score (nSPS) is 11.2. The third kappa shape index (κ3) is 3.96. The maximum Gasteiger partial charge on any atom is 0.161 e. The van der Waals surface area contributed by atoms with Gasteiger partial charge in [-0.1, -0.05) is 6.07 Å². The summed E-state index contributed by atoms with van der Waals surface area (Å²) in [5, 5.41) is 23.2. The molecule has 0 radical (unpaired) electrons. The van der Waals surface area contributed by atoms with Gasteiger partial charge in [0.1, 0.15) is 0 Å². The summed E-state index contributed by atoms with van der Waals surface area (Å²) in [6.07, 6.45) is 0. The maximum atomic E-state index is 11.6. The molecular weight excluding hydrogens is 308 g/mol. The third-order valence-electron chi connectivity index (χ3n) is 3.38. The van der Waals surface area contributed by atoms with Crippen LogP contribution >= 0.6 is 0 Å². The van der Waals surface area contributed by atoms with Crippen molar-refractivity contribution < 1.29 is 19.4 Å². The molecule has 0 aromatic heterocycles. The second-order valence-electron chi connectivity index (χ2n) is 4.93. The molecule has 124 valence electrons. The van der Waals surface area contributed by atoms with Gasteiger partial charge in [0.2, 0.25) is 0 Å². The van der Waals surface area contributed by atoms with Crippen molar-refractivity contribution in [1.82, 2.24) is 0 Å². The van der Waals surface area contributed by atoms with Crippen molar-refractivity contribution in [2.24, 2.45) is 0 Å². The van der Waals surface area contributed by atoms with Crippen LogP contribution in [0.5, 0.6) is 11.5 Å². The lowest BCUT2D eigenvalue weighted by Gasteiger charge is -2.22. The highest BCUT2D eigenvalue weighted by Crippen LogP contribution is 2.31. The Morgan fingerprint density at radius 1 is 1.25 bits per heavy atom. The molecule has 0 aliphatic carbocycles. The molecule has 1 unspecified atom stereocenters. The summed E-state index contributed by atoms with van der Waals surface area (Å²) in [7, 11) is 1.52. The number of methoxy groups -OCH3 is 1. The number of ether oxygens (including phenoxy) is 2. The van der Waals surface area contributed by atoms with Crippen LogP contribution in [0.25, 0.3) is 0 Å². The fourth-order valence-corrected chi connectivity index (χ4v) is 2.23. The van der Waals surface area contributed by atoms with Crippen LogP contribution in [-0.2, 0) is 4.79 Å². The van der Waals surface area contributed by atoms with Gasteiger partial charge in [0.25, 0.3) is 0 Å². The number of carboxylic acids is 1. The van der Waals surface area contributed by atoms with E-state index in [0.717, 1.165) is 0 Å². The molecule has 24 heavy (non-hydrogen) atoms. The van der Waals surface area contributed by atoms with Crippen LogP contribution in [0.3, 0.4) is 0 Å². The second-order valence-corrected chi connectivity index (χ2v) is 4.93. The molecular formula is C18H17N2O4-. The number of carboxylic acid groups (broad SMARTS) is 1. The Bertz CT molecular complexity index is 751. The standard InChI is InChI=1S/C18H18N2O4/c1-3-24-16-10-13(6-9-15(16)23-2)17(18(21)22)20-14-7-4-12(11-19)5-8-14/h4-10,17,20H,3H2,1-2H3,(H,21,22)/p-1. The number of nitrogens with zero attached hydrogens (tertiary/aromatic N) is 1. The first-order valence-electron chi connectivity index (χ1n) is 7.37. The summed E-state index contributed by atoms with van der Waals surface area (Å²) in [6.45, 7) is 2.26. The molecule has 0 aliphatic heterocycles. The average Bonchev–Trinajstić information content (AvgIpc) is 2.60. The highest BCUT2D eigenvalue weighted by atomic mass is 16.5. The number of nitriles is 1. The van der Waals surface area contributed by atoms with Crippen LogP contribution in [0.15, 0.2) is 42.5 Å². The predicted molar refractivity (Wildman–Crippen MR) is 86.7 cm³/mol. The number of nitrogens with one attached hydrogen (secondary N) is 1. The van der Waals surface area contributed by atoms with E-state index in [2.05, 4.69) is 5.32 Å². The molecule has 2 aromatic rings. The van der Waals surface area contributed by atoms with Gasteiger partial charge in [-0.05, 0) is 48.9 Å². The van der Waals surface area contributed by atoms with Crippen LogP contribution < -0.4 is 19.9 Å². The molecule has 2 aromatic carbocycles. The molecule has 1 atom stereocenters. The zero-order chi connectivity index (χ0) is 17.5. The van der Waals surface area contributed by atoms with Gasteiger partial charge in [-0.2, -0.15) is 5.26 Å². The lowest BCUT2D eigenvalue weighted by Crippen LogP contribution is -2.34. The molecule has 0 fully saturated rings. The summed E-state index contributed by atoms with van der Waals surface area (Å²) in [5.41, 5.74) is 1.54. The fourth-order valence-electron chi connectivity index (χ4n) is 2.23. The molecule has 6 nitrogen and oxygen atoms in total. The molecule has 6 heteroatoms. The van der Waals surface area contributed by atoms with E-state index in [0.29, 0.717) is 34.9 Å². The number of carbonyl (C=O) groups is 1. The molecule has 0 aliphatic rings. The Hall–Kier alpha value is -3.20. The molecule has 2 rings (SSSR count). The first-order valence-corrected chi connectivity index (χ1v) is 7.37. The summed E-state index contributed by atoms with van der Waals surface area (Å²) in [4.78, 5) is 11.6. The molecule has 0 saturated heterocycles. The molecule has 0 bridgehead atoms. The van der Waals surface area contributed by atoms with Crippen molar-refractivity contribution in [2.75, 3.05) is 19.0 Å². The van der Waals surface area contributed by atoms with Crippen LogP contribution in [0.4, 0.5) is 5.69 Å². The monoisotopic (exact) mass is 325 g/mol. The first-order chi connectivity index (χ1) is 11.6. The Morgan fingerprint density at radius 2 is 1.96 bits per heavy atom. The van der Waals surface area contributed by atoms with Gasteiger partial charge >= 0.3 is 0 Å². The summed E-state index contributed by atoms with van der Waals surface area (Å²) in [5.74, 6) is -0.284. The van der Waals surface area contributed by atoms with Gasteiger partial charge in [0.05, 0.1) is 37.4 Å². The van der Waals surface area contributed by atoms with E-state index in [1.54, 1.807) is 42.5 Å². The smallest absolute Gasteiger partial charge is 0.161 e. The van der Waals surface area contributed by atoms with Crippen LogP contribution in [0, 0.1) is 11.3 Å². The molecule has 0 saturated carbocycles. The fraction of sp³-hybridized carbons (Fsp3) is 0.222. The number of hydrogen-bond acceptors (Lipinski definition) is 6. The van der Waals surface area contributed by atoms with E-state index < -0.39 is 12.0 Å². The zero-order valence-corrected chi connectivity index (χ0v) is 13.4. The van der Waals surface area contributed by atoms with E-state index in [-0.39, 0.29) is 0 Å². The number of rotatable bonds is 7. The van der Waals surface area contributed by atoms with Gasteiger partial charge in [0.15, 0.2) is 11.5 Å². The molecule has 1 N–H and O–H groups in total. The predicted octanol–water partition coefficient (Wildman–Crippen LogP) is 1.87. The van der Waals surface area contributed by atoms with E-state index >= 15 is 0 Å². The van der Waals surface area contributed by atoms with Crippen molar-refractivity contribution in [3.05, 3.63) is 53.6 Å². The Labute approximate surface area is 140 Å². The van der Waals surface area contributed by atoms with Crippen molar-refractivity contribution >= 4 is 11.7 Å². The van der Waals surface area contributed by atoms with Crippen molar-refractivity contribution in [2.45, 2.75) is 13.0 Å². The minimum Gasteiger partial charge on any atom is -0.548 e. The lowest BCUT2D eigenvalue weighted by molar-refractivity contribution is -0.307. The molecule has 0 amide bonds. The van der Waals surface area contributed by atoms with Gasteiger partial charge in [-0.15, -0.1) is 0 Å². The molecule has 0 heterocycles. The van der Waals surface area contributed by atoms with Crippen molar-refractivity contribution in [3.63, 3.8) is 0 Å². The van der Waals surface area contributed by atoms with E-state index in [1.165, 1.54) is 7.11 Å². The van der Waals surface area contributed by atoms with Gasteiger partial charge < -0.3 is 24.7 Å². The minimum absolute atomic E-state index is 0.429. The van der Waals surface area contributed by atoms with Gasteiger partial charge in [-0.3, -0.25) is 0 Å². The first kappa shape index (κ1) is 17.2. The number of hydrogen-bond donors (Lipinski definition) is 1. The highest BCUT2D eigenvalue weighted by Gasteiger charge is 2.16. The average molecular weight is 325 g/mol. The van der Waals surface area contributed by atoms with E-state index in [1.807, 2.05) is 13.0 Å². The zero-order valence-electron chi connectivity index (χ0n) is 13.4. The number of benzene rings is 2. The van der Waals surface area contributed by atoms with Crippen LogP contribution in [0.1, 0.15) is 24.1 Å². The van der Waals surface area contributed by atoms with E-state index in [9.17, 15) is 9.90 Å². The minimum atomic E-state index is -1.27. The quantitative estimate of drug-likeness (QED) is 0.835. The van der Waals surface area contributed by atoms with E-state index in [4.69, 9.17) is 14.7 Å². The summed E-state index contributed by atoms with van der Waals surface area (Å²) >= 11 is 0. The van der Waals surface area contributed by atoms with Gasteiger partial charge in [0, 0.05) is 5.69 Å². The Morgan fingerprint density at radius 3 is 2.50 bits per heavy atom. The SMILES string of the molecule is CCOc1cc(C(Nc2ccc(C#N)cc2)C(=O)[O-])ccc1OC.